The molecule has 0 bridgehead atoms. The van der Waals surface area contributed by atoms with E-state index >= 15 is 0 Å². The summed E-state index contributed by atoms with van der Waals surface area (Å²) in [6.45, 7) is -0.227. The van der Waals surface area contributed by atoms with Crippen LogP contribution in [0, 0.1) is 17.7 Å². The van der Waals surface area contributed by atoms with Gasteiger partial charge in [0, 0.05) is 16.2 Å². The monoisotopic (exact) mass is 302 g/mol. The lowest BCUT2D eigenvalue weighted by Crippen LogP contribution is -1.90. The number of halogens is 1. The predicted octanol–water partition coefficient (Wildman–Crippen LogP) is 3.47. The minimum absolute atomic E-state index is 0.227. The first-order valence-electron chi connectivity index (χ1n) is 6.38. The Morgan fingerprint density at radius 3 is 2.81 bits per heavy atom. The van der Waals surface area contributed by atoms with Gasteiger partial charge in [-0.05, 0) is 35.9 Å². The molecule has 0 aliphatic carbocycles. The van der Waals surface area contributed by atoms with Crippen molar-refractivity contribution in [2.45, 2.75) is 10.6 Å². The molecule has 0 heterocycles. The molecule has 0 spiro atoms. The van der Waals surface area contributed by atoms with Crippen molar-refractivity contribution in [3.8, 4) is 17.6 Å². The number of hydrogen-bond donors (Lipinski definition) is 1. The van der Waals surface area contributed by atoms with Crippen LogP contribution in [0.4, 0.5) is 4.39 Å². The second-order valence-corrected chi connectivity index (χ2v) is 5.28. The number of thioether (sulfide) groups is 1. The first-order valence-corrected chi connectivity index (χ1v) is 7.36. The van der Waals surface area contributed by atoms with E-state index in [0.29, 0.717) is 16.9 Å². The Hall–Kier alpha value is -1.96. The molecule has 0 saturated carbocycles. The minimum Gasteiger partial charge on any atom is -0.497 e. The first kappa shape index (κ1) is 15.4. The molecule has 0 atom stereocenters. The molecule has 0 aromatic heterocycles. The van der Waals surface area contributed by atoms with E-state index in [1.165, 1.54) is 6.07 Å². The van der Waals surface area contributed by atoms with Gasteiger partial charge < -0.3 is 9.84 Å². The number of benzene rings is 2. The summed E-state index contributed by atoms with van der Waals surface area (Å²) < 4.78 is 19.1. The summed E-state index contributed by atoms with van der Waals surface area (Å²) in [6.07, 6.45) is 0. The third kappa shape index (κ3) is 4.52. The van der Waals surface area contributed by atoms with Crippen molar-refractivity contribution >= 4 is 11.8 Å². The van der Waals surface area contributed by atoms with Crippen molar-refractivity contribution in [2.75, 3.05) is 13.7 Å². The van der Waals surface area contributed by atoms with Crippen molar-refractivity contribution in [2.24, 2.45) is 0 Å². The maximum Gasteiger partial charge on any atom is 0.128 e. The van der Waals surface area contributed by atoms with Crippen LogP contribution in [0.25, 0.3) is 0 Å². The fraction of sp³-hybridized carbons (Fsp3) is 0.176. The maximum absolute atomic E-state index is 14.0. The van der Waals surface area contributed by atoms with Crippen LogP contribution in [0.2, 0.25) is 0 Å². The summed E-state index contributed by atoms with van der Waals surface area (Å²) in [5, 5.41) is 8.62. The van der Waals surface area contributed by atoms with Crippen molar-refractivity contribution in [3.05, 3.63) is 59.4 Å². The third-order valence-electron chi connectivity index (χ3n) is 2.80. The van der Waals surface area contributed by atoms with Gasteiger partial charge in [0.1, 0.15) is 18.2 Å². The molecule has 2 nitrogen and oxygen atoms in total. The molecule has 0 unspecified atom stereocenters. The standard InChI is InChI=1S/C17H15FO2S/c1-20-15-5-2-6-16(11-15)21-12-14-8-7-13(4-3-9-19)10-17(14)18/h2,5-8,10-11,19H,9,12H2,1H3. The highest BCUT2D eigenvalue weighted by molar-refractivity contribution is 7.98. The van der Waals surface area contributed by atoms with Crippen LogP contribution in [-0.4, -0.2) is 18.8 Å². The van der Waals surface area contributed by atoms with Crippen LogP contribution in [0.3, 0.4) is 0 Å². The normalized spacial score (nSPS) is 9.86. The Labute approximate surface area is 128 Å². The molecule has 2 aromatic carbocycles. The number of hydrogen-bond acceptors (Lipinski definition) is 3. The van der Waals surface area contributed by atoms with Crippen molar-refractivity contribution < 1.29 is 14.2 Å². The lowest BCUT2D eigenvalue weighted by Gasteiger charge is -2.06. The molecule has 4 heteroatoms. The summed E-state index contributed by atoms with van der Waals surface area (Å²) in [5.41, 5.74) is 1.19. The van der Waals surface area contributed by atoms with Crippen LogP contribution < -0.4 is 4.74 Å². The number of methoxy groups -OCH3 is 1. The summed E-state index contributed by atoms with van der Waals surface area (Å²) >= 11 is 1.54. The molecule has 2 aromatic rings. The van der Waals surface area contributed by atoms with E-state index in [1.54, 1.807) is 31.0 Å². The summed E-state index contributed by atoms with van der Waals surface area (Å²) in [5.74, 6) is 6.23. The zero-order valence-corrected chi connectivity index (χ0v) is 12.4. The minimum atomic E-state index is -0.282. The van der Waals surface area contributed by atoms with E-state index in [2.05, 4.69) is 11.8 Å². The quantitative estimate of drug-likeness (QED) is 0.693. The van der Waals surface area contributed by atoms with Gasteiger partial charge in [-0.2, -0.15) is 0 Å². The van der Waals surface area contributed by atoms with E-state index in [9.17, 15) is 4.39 Å². The van der Waals surface area contributed by atoms with Gasteiger partial charge >= 0.3 is 0 Å². The molecule has 0 saturated heterocycles. The van der Waals surface area contributed by atoms with Gasteiger partial charge in [-0.1, -0.05) is 24.0 Å². The predicted molar refractivity (Wildman–Crippen MR) is 82.9 cm³/mol. The number of aliphatic hydroxyl groups excluding tert-OH is 1. The zero-order valence-electron chi connectivity index (χ0n) is 11.6. The highest BCUT2D eigenvalue weighted by Gasteiger charge is 2.04. The third-order valence-corrected chi connectivity index (χ3v) is 3.84. The lowest BCUT2D eigenvalue weighted by molar-refractivity contribution is 0.350. The Morgan fingerprint density at radius 1 is 1.24 bits per heavy atom. The van der Waals surface area contributed by atoms with Crippen LogP contribution in [0.15, 0.2) is 47.4 Å². The molecule has 21 heavy (non-hydrogen) atoms. The van der Waals surface area contributed by atoms with Crippen molar-refractivity contribution in [3.63, 3.8) is 0 Å². The lowest BCUT2D eigenvalue weighted by atomic mass is 10.1. The van der Waals surface area contributed by atoms with E-state index in [4.69, 9.17) is 9.84 Å². The largest absolute Gasteiger partial charge is 0.497 e. The molecule has 0 radical (unpaired) electrons. The second kappa shape index (κ2) is 7.72. The molecular formula is C17H15FO2S. The van der Waals surface area contributed by atoms with Crippen LogP contribution in [-0.2, 0) is 5.75 Å². The number of ether oxygens (including phenoxy) is 1. The summed E-state index contributed by atoms with van der Waals surface area (Å²) in [4.78, 5) is 1.03. The van der Waals surface area contributed by atoms with E-state index in [0.717, 1.165) is 10.6 Å². The smallest absolute Gasteiger partial charge is 0.128 e. The van der Waals surface area contributed by atoms with Gasteiger partial charge in [0.2, 0.25) is 0 Å². The van der Waals surface area contributed by atoms with Gasteiger partial charge in [-0.15, -0.1) is 11.8 Å². The van der Waals surface area contributed by atoms with Gasteiger partial charge in [0.05, 0.1) is 7.11 Å². The van der Waals surface area contributed by atoms with Gasteiger partial charge in [0.25, 0.3) is 0 Å². The molecule has 108 valence electrons. The molecule has 2 rings (SSSR count). The Bertz CT molecular complexity index is 674. The van der Waals surface area contributed by atoms with E-state index in [1.807, 2.05) is 24.3 Å². The summed E-state index contributed by atoms with van der Waals surface area (Å²) in [7, 11) is 1.62. The maximum atomic E-state index is 14.0. The number of aliphatic hydroxyl groups is 1. The zero-order chi connectivity index (χ0) is 15.1. The Balaban J connectivity index is 2.06. The van der Waals surface area contributed by atoms with E-state index in [-0.39, 0.29) is 12.4 Å². The molecule has 0 aliphatic rings. The fourth-order valence-electron chi connectivity index (χ4n) is 1.74. The Morgan fingerprint density at radius 2 is 2.10 bits per heavy atom. The highest BCUT2D eigenvalue weighted by Crippen LogP contribution is 2.27. The topological polar surface area (TPSA) is 29.5 Å². The van der Waals surface area contributed by atoms with Crippen molar-refractivity contribution in [1.82, 2.24) is 0 Å². The summed E-state index contributed by atoms with van der Waals surface area (Å²) in [6, 6.07) is 12.5. The van der Waals surface area contributed by atoms with E-state index < -0.39 is 0 Å². The molecule has 0 aliphatic heterocycles. The molecular weight excluding hydrogens is 287 g/mol. The van der Waals surface area contributed by atoms with Crippen LogP contribution in [0.5, 0.6) is 5.75 Å². The van der Waals surface area contributed by atoms with Crippen LogP contribution >= 0.6 is 11.8 Å². The molecule has 0 amide bonds. The van der Waals surface area contributed by atoms with Gasteiger partial charge in [0.15, 0.2) is 0 Å². The van der Waals surface area contributed by atoms with Crippen LogP contribution in [0.1, 0.15) is 11.1 Å². The second-order valence-electron chi connectivity index (χ2n) is 4.23. The Kier molecular flexibility index (Phi) is 5.68. The first-order chi connectivity index (χ1) is 10.2. The molecule has 0 fully saturated rings. The van der Waals surface area contributed by atoms with Crippen molar-refractivity contribution in [1.29, 1.82) is 0 Å². The average Bonchev–Trinajstić information content (AvgIpc) is 2.52. The fourth-order valence-corrected chi connectivity index (χ4v) is 2.67. The van der Waals surface area contributed by atoms with Gasteiger partial charge in [-0.3, -0.25) is 0 Å². The number of rotatable bonds is 4. The SMILES string of the molecule is COc1cccc(SCc2ccc(C#CCO)cc2F)c1. The highest BCUT2D eigenvalue weighted by atomic mass is 32.2. The van der Waals surface area contributed by atoms with Gasteiger partial charge in [-0.25, -0.2) is 4.39 Å². The average molecular weight is 302 g/mol. The molecule has 1 N–H and O–H groups in total.